The maximum absolute atomic E-state index is 11.9. The largest absolute Gasteiger partial charge is 0.333 e. The molecule has 1 amide bonds. The van der Waals surface area contributed by atoms with Crippen LogP contribution in [-0.4, -0.2) is 37.8 Å². The highest BCUT2D eigenvalue weighted by Gasteiger charge is 2.32. The Bertz CT molecular complexity index is 329. The maximum atomic E-state index is 11.9. The standard InChI is InChI=1S/C8H10BrN3OS/c1-5-2-6(9)3-12(5)8(13)7-4-14-11-10-7/h4-6H,2-3H2,1H3. The van der Waals surface area contributed by atoms with Crippen LogP contribution >= 0.6 is 27.5 Å². The van der Waals surface area contributed by atoms with Gasteiger partial charge in [-0.1, -0.05) is 20.4 Å². The molecule has 0 aromatic carbocycles. The average Bonchev–Trinajstić information content (AvgIpc) is 2.73. The summed E-state index contributed by atoms with van der Waals surface area (Å²) in [5, 5.41) is 5.47. The predicted molar refractivity (Wildman–Crippen MR) is 57.7 cm³/mol. The molecule has 1 saturated heterocycles. The van der Waals surface area contributed by atoms with Crippen LogP contribution in [0.5, 0.6) is 0 Å². The third-order valence-electron chi connectivity index (χ3n) is 2.36. The monoisotopic (exact) mass is 275 g/mol. The number of likely N-dealkylation sites (tertiary alicyclic amines) is 1. The molecule has 76 valence electrons. The second-order valence-corrected chi connectivity index (χ2v) is 5.33. The zero-order valence-electron chi connectivity index (χ0n) is 7.68. The van der Waals surface area contributed by atoms with E-state index in [1.54, 1.807) is 5.38 Å². The first kappa shape index (κ1) is 10.0. The van der Waals surface area contributed by atoms with E-state index in [1.807, 2.05) is 4.90 Å². The van der Waals surface area contributed by atoms with E-state index in [0.29, 0.717) is 10.5 Å². The van der Waals surface area contributed by atoms with Gasteiger partial charge in [0.25, 0.3) is 5.91 Å². The minimum atomic E-state index is -0.00630. The Balaban J connectivity index is 2.13. The SMILES string of the molecule is CC1CC(Br)CN1C(=O)c1csnn1. The minimum Gasteiger partial charge on any atom is -0.333 e. The van der Waals surface area contributed by atoms with Crippen molar-refractivity contribution in [2.45, 2.75) is 24.2 Å². The fourth-order valence-corrected chi connectivity index (χ4v) is 2.94. The molecule has 0 saturated carbocycles. The van der Waals surface area contributed by atoms with Crippen LogP contribution < -0.4 is 0 Å². The number of amides is 1. The molecule has 1 aromatic heterocycles. The van der Waals surface area contributed by atoms with E-state index in [2.05, 4.69) is 32.4 Å². The normalized spacial score (nSPS) is 26.9. The lowest BCUT2D eigenvalue weighted by Gasteiger charge is -2.19. The molecule has 2 rings (SSSR count). The number of aromatic nitrogens is 2. The first-order valence-corrected chi connectivity index (χ1v) is 6.16. The molecule has 2 atom stereocenters. The number of carbonyl (C=O) groups is 1. The first-order valence-electron chi connectivity index (χ1n) is 4.40. The van der Waals surface area contributed by atoms with Gasteiger partial charge in [0, 0.05) is 22.8 Å². The van der Waals surface area contributed by atoms with E-state index in [4.69, 9.17) is 0 Å². The summed E-state index contributed by atoms with van der Waals surface area (Å²) < 4.78 is 3.69. The number of hydrogen-bond donors (Lipinski definition) is 0. The Morgan fingerprint density at radius 2 is 2.57 bits per heavy atom. The molecule has 4 nitrogen and oxygen atoms in total. The van der Waals surface area contributed by atoms with Gasteiger partial charge in [-0.25, -0.2) is 0 Å². The zero-order chi connectivity index (χ0) is 10.1. The number of carbonyl (C=O) groups excluding carboxylic acids is 1. The summed E-state index contributed by atoms with van der Waals surface area (Å²) in [5.74, 6) is -0.00630. The Morgan fingerprint density at radius 3 is 3.07 bits per heavy atom. The number of alkyl halides is 1. The van der Waals surface area contributed by atoms with Crippen LogP contribution in [0.3, 0.4) is 0 Å². The summed E-state index contributed by atoms with van der Waals surface area (Å²) in [6.07, 6.45) is 1.00. The van der Waals surface area contributed by atoms with Crippen molar-refractivity contribution < 1.29 is 4.79 Å². The lowest BCUT2D eigenvalue weighted by Crippen LogP contribution is -2.34. The summed E-state index contributed by atoms with van der Waals surface area (Å²) in [6, 6.07) is 0.286. The molecule has 1 aliphatic heterocycles. The topological polar surface area (TPSA) is 46.1 Å². The molecule has 0 aliphatic carbocycles. The van der Waals surface area contributed by atoms with Crippen LogP contribution in [0.1, 0.15) is 23.8 Å². The lowest BCUT2D eigenvalue weighted by molar-refractivity contribution is 0.0742. The van der Waals surface area contributed by atoms with Gasteiger partial charge < -0.3 is 4.90 Å². The molecular formula is C8H10BrN3OS. The molecule has 1 aliphatic rings. The van der Waals surface area contributed by atoms with E-state index in [-0.39, 0.29) is 11.9 Å². The Hall–Kier alpha value is -0.490. The molecule has 0 bridgehead atoms. The number of halogens is 1. The number of nitrogens with zero attached hydrogens (tertiary/aromatic N) is 3. The van der Waals surface area contributed by atoms with Gasteiger partial charge in [-0.05, 0) is 24.9 Å². The van der Waals surface area contributed by atoms with Crippen molar-refractivity contribution in [1.29, 1.82) is 0 Å². The zero-order valence-corrected chi connectivity index (χ0v) is 10.1. The quantitative estimate of drug-likeness (QED) is 0.731. The molecule has 14 heavy (non-hydrogen) atoms. The summed E-state index contributed by atoms with van der Waals surface area (Å²) in [7, 11) is 0. The van der Waals surface area contributed by atoms with E-state index in [1.165, 1.54) is 11.5 Å². The lowest BCUT2D eigenvalue weighted by atomic mass is 10.2. The number of hydrogen-bond acceptors (Lipinski definition) is 4. The summed E-state index contributed by atoms with van der Waals surface area (Å²) in [5.41, 5.74) is 0.462. The molecule has 2 unspecified atom stereocenters. The van der Waals surface area contributed by atoms with E-state index >= 15 is 0 Å². The van der Waals surface area contributed by atoms with Gasteiger partial charge in [0.2, 0.25) is 0 Å². The fraction of sp³-hybridized carbons (Fsp3) is 0.625. The third kappa shape index (κ3) is 1.81. The first-order chi connectivity index (χ1) is 6.68. The molecule has 0 N–H and O–H groups in total. The molecular weight excluding hydrogens is 266 g/mol. The fourth-order valence-electron chi connectivity index (χ4n) is 1.65. The van der Waals surface area contributed by atoms with Crippen molar-refractivity contribution in [2.24, 2.45) is 0 Å². The van der Waals surface area contributed by atoms with E-state index in [9.17, 15) is 4.79 Å². The molecule has 1 aromatic rings. The van der Waals surface area contributed by atoms with Crippen molar-refractivity contribution in [1.82, 2.24) is 14.5 Å². The van der Waals surface area contributed by atoms with Crippen molar-refractivity contribution in [2.75, 3.05) is 6.54 Å². The molecule has 1 fully saturated rings. The van der Waals surface area contributed by atoms with Crippen LogP contribution in [0.4, 0.5) is 0 Å². The van der Waals surface area contributed by atoms with Crippen molar-refractivity contribution in [3.05, 3.63) is 11.1 Å². The van der Waals surface area contributed by atoms with Crippen molar-refractivity contribution in [3.8, 4) is 0 Å². The summed E-state index contributed by atoms with van der Waals surface area (Å²) in [4.78, 5) is 14.1. The molecule has 0 spiro atoms. The van der Waals surface area contributed by atoms with Gasteiger partial charge in [-0.3, -0.25) is 4.79 Å². The highest BCUT2D eigenvalue weighted by molar-refractivity contribution is 9.09. The van der Waals surface area contributed by atoms with E-state index in [0.717, 1.165) is 13.0 Å². The van der Waals surface area contributed by atoms with E-state index < -0.39 is 0 Å². The van der Waals surface area contributed by atoms with Gasteiger partial charge in [-0.15, -0.1) is 5.10 Å². The van der Waals surface area contributed by atoms with Crippen LogP contribution in [0.2, 0.25) is 0 Å². The van der Waals surface area contributed by atoms with Gasteiger partial charge in [0.05, 0.1) is 0 Å². The summed E-state index contributed by atoms with van der Waals surface area (Å²) in [6.45, 7) is 2.82. The van der Waals surface area contributed by atoms with Crippen LogP contribution in [0.15, 0.2) is 5.38 Å². The van der Waals surface area contributed by atoms with Crippen molar-refractivity contribution in [3.63, 3.8) is 0 Å². The molecule has 2 heterocycles. The van der Waals surface area contributed by atoms with Crippen LogP contribution in [0, 0.1) is 0 Å². The van der Waals surface area contributed by atoms with Crippen LogP contribution in [0.25, 0.3) is 0 Å². The van der Waals surface area contributed by atoms with Gasteiger partial charge >= 0.3 is 0 Å². The second kappa shape index (κ2) is 3.94. The van der Waals surface area contributed by atoms with Crippen molar-refractivity contribution >= 4 is 33.4 Å². The van der Waals surface area contributed by atoms with Gasteiger partial charge in [-0.2, -0.15) is 0 Å². The van der Waals surface area contributed by atoms with Gasteiger partial charge in [0.15, 0.2) is 5.69 Å². The smallest absolute Gasteiger partial charge is 0.275 e. The second-order valence-electron chi connectivity index (χ2n) is 3.43. The predicted octanol–water partition coefficient (Wildman–Crippen LogP) is 1.54. The third-order valence-corrected chi connectivity index (χ3v) is 3.53. The molecule has 6 heteroatoms. The Kier molecular flexibility index (Phi) is 2.83. The summed E-state index contributed by atoms with van der Waals surface area (Å²) >= 11 is 4.73. The van der Waals surface area contributed by atoms with Crippen LogP contribution in [-0.2, 0) is 0 Å². The average molecular weight is 276 g/mol. The highest BCUT2D eigenvalue weighted by atomic mass is 79.9. The number of rotatable bonds is 1. The highest BCUT2D eigenvalue weighted by Crippen LogP contribution is 2.24. The minimum absolute atomic E-state index is 0.00630. The van der Waals surface area contributed by atoms with Gasteiger partial charge in [0.1, 0.15) is 0 Å². The molecule has 0 radical (unpaired) electrons. The Morgan fingerprint density at radius 1 is 1.79 bits per heavy atom. The maximum Gasteiger partial charge on any atom is 0.275 e. The Labute approximate surface area is 94.6 Å².